The smallest absolute Gasteiger partial charge is 0.248 e. The van der Waals surface area contributed by atoms with Crippen molar-refractivity contribution in [3.8, 4) is 0 Å². The molecular weight excluding hydrogens is 372 g/mol. The Morgan fingerprint density at radius 3 is 2.61 bits per heavy atom. The molecule has 1 amide bonds. The number of aromatic nitrogens is 3. The lowest BCUT2D eigenvalue weighted by Gasteiger charge is -2.04. The lowest BCUT2D eigenvalue weighted by atomic mass is 10.1. The van der Waals surface area contributed by atoms with Gasteiger partial charge in [0.1, 0.15) is 5.01 Å². The zero-order valence-corrected chi connectivity index (χ0v) is 15.8. The summed E-state index contributed by atoms with van der Waals surface area (Å²) >= 11 is 1.53. The van der Waals surface area contributed by atoms with Crippen LogP contribution in [0.4, 0.5) is 5.69 Å². The van der Waals surface area contributed by atoms with Crippen LogP contribution in [0.1, 0.15) is 21.2 Å². The zero-order valence-electron chi connectivity index (χ0n) is 15.0. The molecule has 0 saturated carbocycles. The quantitative estimate of drug-likeness (QED) is 0.415. The number of carbonyl (C=O) groups is 2. The van der Waals surface area contributed by atoms with Gasteiger partial charge in [0, 0.05) is 36.8 Å². The maximum Gasteiger partial charge on any atom is 0.248 e. The third kappa shape index (κ3) is 3.74. The topological polar surface area (TPSA) is 76.9 Å². The van der Waals surface area contributed by atoms with E-state index in [1.807, 2.05) is 24.3 Å². The molecule has 2 aromatic heterocycles. The molecule has 0 fully saturated rings. The van der Waals surface area contributed by atoms with Gasteiger partial charge >= 0.3 is 0 Å². The molecule has 2 heterocycles. The van der Waals surface area contributed by atoms with Crippen LogP contribution in [0.2, 0.25) is 0 Å². The van der Waals surface area contributed by atoms with Gasteiger partial charge in [0.2, 0.25) is 11.7 Å². The van der Waals surface area contributed by atoms with E-state index in [-0.39, 0.29) is 11.7 Å². The monoisotopic (exact) mass is 388 g/mol. The van der Waals surface area contributed by atoms with E-state index in [0.717, 1.165) is 15.2 Å². The van der Waals surface area contributed by atoms with E-state index in [0.29, 0.717) is 17.1 Å². The predicted octanol–water partition coefficient (Wildman–Crippen LogP) is 3.91. The summed E-state index contributed by atoms with van der Waals surface area (Å²) in [4.78, 5) is 33.1. The number of thiazole rings is 1. The van der Waals surface area contributed by atoms with Crippen LogP contribution in [0.3, 0.4) is 0 Å². The summed E-state index contributed by atoms with van der Waals surface area (Å²) in [5, 5.41) is 3.55. The molecule has 0 unspecified atom stereocenters. The molecule has 7 heteroatoms. The van der Waals surface area contributed by atoms with Crippen molar-refractivity contribution in [2.24, 2.45) is 7.05 Å². The highest BCUT2D eigenvalue weighted by atomic mass is 32.1. The van der Waals surface area contributed by atoms with E-state index in [9.17, 15) is 9.59 Å². The molecule has 0 spiro atoms. The van der Waals surface area contributed by atoms with Crippen molar-refractivity contribution < 1.29 is 9.59 Å². The van der Waals surface area contributed by atoms with Gasteiger partial charge in [-0.3, -0.25) is 9.59 Å². The number of nitrogens with zero attached hydrogens (tertiary/aromatic N) is 3. The van der Waals surface area contributed by atoms with Crippen LogP contribution in [-0.2, 0) is 11.8 Å². The third-order valence-corrected chi connectivity index (χ3v) is 5.13. The van der Waals surface area contributed by atoms with Crippen LogP contribution in [-0.4, -0.2) is 26.2 Å². The summed E-state index contributed by atoms with van der Waals surface area (Å²) in [6, 6.07) is 14.6. The first kappa shape index (κ1) is 17.8. The van der Waals surface area contributed by atoms with Crippen molar-refractivity contribution in [2.75, 3.05) is 5.32 Å². The van der Waals surface area contributed by atoms with E-state index < -0.39 is 0 Å². The predicted molar refractivity (Wildman–Crippen MR) is 110 cm³/mol. The first-order valence-corrected chi connectivity index (χ1v) is 9.38. The number of hydrogen-bond donors (Lipinski definition) is 1. The molecule has 0 atom stereocenters. The Labute approximate surface area is 165 Å². The number of nitrogens with one attached hydrogen (secondary N) is 1. The number of rotatable bonds is 5. The zero-order chi connectivity index (χ0) is 19.5. The fourth-order valence-corrected chi connectivity index (χ4v) is 3.58. The molecule has 2 aromatic carbocycles. The molecular formula is C21H16N4O2S. The maximum atomic E-state index is 12.4. The lowest BCUT2D eigenvalue weighted by molar-refractivity contribution is -0.111. The summed E-state index contributed by atoms with van der Waals surface area (Å²) in [7, 11) is 1.77. The first-order valence-electron chi connectivity index (χ1n) is 8.57. The number of imidazole rings is 1. The number of para-hydroxylation sites is 1. The number of ketones is 1. The minimum absolute atomic E-state index is 0.166. The molecule has 6 nitrogen and oxygen atoms in total. The second-order valence-corrected chi connectivity index (χ2v) is 7.17. The van der Waals surface area contributed by atoms with Gasteiger partial charge < -0.3 is 9.88 Å². The van der Waals surface area contributed by atoms with E-state index in [2.05, 4.69) is 15.3 Å². The third-order valence-electron chi connectivity index (χ3n) is 4.13. The highest BCUT2D eigenvalue weighted by Crippen LogP contribution is 2.22. The van der Waals surface area contributed by atoms with Crippen LogP contribution in [0, 0.1) is 0 Å². The van der Waals surface area contributed by atoms with Crippen LogP contribution in [0.15, 0.2) is 67.0 Å². The molecule has 28 heavy (non-hydrogen) atoms. The molecule has 0 aliphatic heterocycles. The summed E-state index contributed by atoms with van der Waals surface area (Å²) in [5.74, 6) is -0.0564. The first-order chi connectivity index (χ1) is 13.6. The number of amides is 1. The maximum absolute atomic E-state index is 12.4. The van der Waals surface area contributed by atoms with Gasteiger partial charge in [-0.05, 0) is 42.5 Å². The van der Waals surface area contributed by atoms with Crippen LogP contribution >= 0.6 is 11.3 Å². The molecule has 0 aliphatic rings. The Bertz CT molecular complexity index is 1160. The van der Waals surface area contributed by atoms with E-state index in [1.165, 1.54) is 17.4 Å². The molecule has 0 radical (unpaired) electrons. The number of benzene rings is 2. The van der Waals surface area contributed by atoms with Crippen molar-refractivity contribution in [3.63, 3.8) is 0 Å². The normalized spacial score (nSPS) is 11.2. The van der Waals surface area contributed by atoms with Gasteiger partial charge in [0.25, 0.3) is 0 Å². The fourth-order valence-electron chi connectivity index (χ4n) is 2.71. The minimum atomic E-state index is -0.262. The van der Waals surface area contributed by atoms with Gasteiger partial charge in [0.05, 0.1) is 10.2 Å². The summed E-state index contributed by atoms with van der Waals surface area (Å²) in [5.41, 5.74) is 2.04. The molecule has 0 saturated heterocycles. The summed E-state index contributed by atoms with van der Waals surface area (Å²) < 4.78 is 2.75. The summed E-state index contributed by atoms with van der Waals surface area (Å²) in [6.07, 6.45) is 6.45. The van der Waals surface area contributed by atoms with Crippen LogP contribution in [0.25, 0.3) is 16.3 Å². The van der Waals surface area contributed by atoms with Gasteiger partial charge in [-0.1, -0.05) is 12.1 Å². The van der Waals surface area contributed by atoms with Gasteiger partial charge in [-0.25, -0.2) is 9.97 Å². The molecule has 4 rings (SSSR count). The van der Waals surface area contributed by atoms with E-state index >= 15 is 0 Å². The largest absolute Gasteiger partial charge is 0.331 e. The standard InChI is InChI=1S/C21H16N4O2S/c1-25-13-12-22-21(25)20(27)14-6-8-15(9-7-14)23-18(26)10-11-19-24-16-4-2-3-5-17(16)28-19/h2-13H,1H3,(H,23,26)/b11-10+. The number of anilines is 1. The average Bonchev–Trinajstić information content (AvgIpc) is 3.32. The highest BCUT2D eigenvalue weighted by Gasteiger charge is 2.13. The fraction of sp³-hybridized carbons (Fsp3) is 0.0476. The minimum Gasteiger partial charge on any atom is -0.331 e. The summed E-state index contributed by atoms with van der Waals surface area (Å²) in [6.45, 7) is 0. The molecule has 1 N–H and O–H groups in total. The van der Waals surface area contributed by atoms with Gasteiger partial charge in [-0.15, -0.1) is 11.3 Å². The van der Waals surface area contributed by atoms with E-state index in [1.54, 1.807) is 54.3 Å². The van der Waals surface area contributed by atoms with Crippen molar-refractivity contribution in [1.29, 1.82) is 0 Å². The number of hydrogen-bond acceptors (Lipinski definition) is 5. The number of carbonyl (C=O) groups excluding carboxylic acids is 2. The lowest BCUT2D eigenvalue weighted by Crippen LogP contribution is -2.10. The Hall–Kier alpha value is -3.58. The molecule has 138 valence electrons. The molecule has 0 aliphatic carbocycles. The van der Waals surface area contributed by atoms with Crippen molar-refractivity contribution in [3.05, 3.63) is 83.4 Å². The highest BCUT2D eigenvalue weighted by molar-refractivity contribution is 7.19. The molecule has 0 bridgehead atoms. The van der Waals surface area contributed by atoms with Crippen molar-refractivity contribution >= 4 is 45.0 Å². The van der Waals surface area contributed by atoms with Crippen LogP contribution < -0.4 is 5.32 Å². The Kier molecular flexibility index (Phi) is 4.82. The van der Waals surface area contributed by atoms with Crippen molar-refractivity contribution in [1.82, 2.24) is 14.5 Å². The van der Waals surface area contributed by atoms with E-state index in [4.69, 9.17) is 0 Å². The second kappa shape index (κ2) is 7.58. The van der Waals surface area contributed by atoms with Gasteiger partial charge in [-0.2, -0.15) is 0 Å². The Balaban J connectivity index is 1.41. The Morgan fingerprint density at radius 1 is 1.11 bits per heavy atom. The second-order valence-electron chi connectivity index (χ2n) is 6.11. The SMILES string of the molecule is Cn1ccnc1C(=O)c1ccc(NC(=O)/C=C/c2nc3ccccc3s2)cc1. The van der Waals surface area contributed by atoms with Crippen molar-refractivity contribution in [2.45, 2.75) is 0 Å². The average molecular weight is 388 g/mol. The number of fused-ring (bicyclic) bond motifs is 1. The Morgan fingerprint density at radius 2 is 1.89 bits per heavy atom. The molecule has 4 aromatic rings. The number of aryl methyl sites for hydroxylation is 1. The van der Waals surface area contributed by atoms with Gasteiger partial charge in [0.15, 0.2) is 5.82 Å². The van der Waals surface area contributed by atoms with Crippen LogP contribution in [0.5, 0.6) is 0 Å².